The van der Waals surface area contributed by atoms with Gasteiger partial charge in [-0.25, -0.2) is 0 Å². The second-order valence-electron chi connectivity index (χ2n) is 5.63. The molecular formula is C20H20ClN3O. The highest BCUT2D eigenvalue weighted by molar-refractivity contribution is 5.94. The average molecular weight is 354 g/mol. The third-order valence-corrected chi connectivity index (χ3v) is 3.64. The molecule has 1 heterocycles. The van der Waals surface area contributed by atoms with E-state index in [2.05, 4.69) is 29.7 Å². The fourth-order valence-electron chi connectivity index (χ4n) is 2.39. The van der Waals surface area contributed by atoms with Crippen LogP contribution in [-0.2, 0) is 11.3 Å². The van der Waals surface area contributed by atoms with Crippen molar-refractivity contribution in [3.63, 3.8) is 0 Å². The Bertz CT molecular complexity index is 820. The smallest absolute Gasteiger partial charge is 0.290 e. The highest BCUT2D eigenvalue weighted by atomic mass is 35.5. The Balaban J connectivity index is 0.00000225. The molecule has 0 saturated heterocycles. The van der Waals surface area contributed by atoms with Crippen LogP contribution in [0.4, 0.5) is 17.1 Å². The molecule has 5 heteroatoms. The molecule has 0 radical (unpaired) electrons. The number of aryl methyl sites for hydroxylation is 1. The Labute approximate surface area is 153 Å². The molecule has 1 amide bonds. The van der Waals surface area contributed by atoms with Gasteiger partial charge in [-0.1, -0.05) is 35.9 Å². The van der Waals surface area contributed by atoms with E-state index in [1.165, 1.54) is 5.56 Å². The largest absolute Gasteiger partial charge is 1.00 e. The number of aromatic nitrogens is 1. The van der Waals surface area contributed by atoms with Crippen molar-refractivity contribution in [3.05, 3.63) is 84.7 Å². The van der Waals surface area contributed by atoms with Gasteiger partial charge in [-0.3, -0.25) is 4.79 Å². The fraction of sp³-hybridized carbons (Fsp3) is 0.100. The van der Waals surface area contributed by atoms with E-state index in [0.717, 1.165) is 17.1 Å². The number of pyridine rings is 1. The van der Waals surface area contributed by atoms with Crippen LogP contribution in [0, 0.1) is 6.92 Å². The number of hydrogen-bond donors (Lipinski definition) is 2. The van der Waals surface area contributed by atoms with Crippen LogP contribution in [0.3, 0.4) is 0 Å². The van der Waals surface area contributed by atoms with Crippen molar-refractivity contribution in [2.75, 3.05) is 10.6 Å². The maximum atomic E-state index is 12.3. The van der Waals surface area contributed by atoms with Gasteiger partial charge < -0.3 is 23.0 Å². The van der Waals surface area contributed by atoms with E-state index >= 15 is 0 Å². The Kier molecular flexibility index (Phi) is 6.54. The van der Waals surface area contributed by atoms with Crippen LogP contribution < -0.4 is 27.6 Å². The molecule has 3 aromatic rings. The number of carbonyl (C=O) groups excluding carboxylic acids is 1. The molecule has 3 rings (SSSR count). The molecule has 0 bridgehead atoms. The lowest BCUT2D eigenvalue weighted by molar-refractivity contribution is -0.684. The zero-order chi connectivity index (χ0) is 16.8. The molecule has 1 aromatic heterocycles. The third-order valence-electron chi connectivity index (χ3n) is 3.64. The molecule has 0 fully saturated rings. The minimum Gasteiger partial charge on any atom is -1.00 e. The lowest BCUT2D eigenvalue weighted by Crippen LogP contribution is -3.00. The highest BCUT2D eigenvalue weighted by Crippen LogP contribution is 2.25. The zero-order valence-electron chi connectivity index (χ0n) is 13.9. The van der Waals surface area contributed by atoms with Crippen molar-refractivity contribution in [2.45, 2.75) is 13.5 Å². The number of benzene rings is 2. The van der Waals surface area contributed by atoms with E-state index in [9.17, 15) is 4.79 Å². The number of rotatable bonds is 5. The maximum absolute atomic E-state index is 12.3. The van der Waals surface area contributed by atoms with E-state index in [-0.39, 0.29) is 24.9 Å². The van der Waals surface area contributed by atoms with Crippen LogP contribution in [0.15, 0.2) is 79.1 Å². The SMILES string of the molecule is Cc1ccc(Nc2ccccc2NC(=O)C[n+]2ccccc2)cc1.[Cl-]. The first-order chi connectivity index (χ1) is 11.7. The van der Waals surface area contributed by atoms with Crippen molar-refractivity contribution in [2.24, 2.45) is 0 Å². The standard InChI is InChI=1S/C20H19N3O.ClH/c1-16-9-11-17(12-10-16)21-18-7-3-4-8-19(18)22-20(24)15-23-13-5-2-6-14-23;/h2-14,21H,15H2,1H3;1H. The van der Waals surface area contributed by atoms with Crippen molar-refractivity contribution >= 4 is 23.0 Å². The van der Waals surface area contributed by atoms with Gasteiger partial charge in [0.15, 0.2) is 12.4 Å². The summed E-state index contributed by atoms with van der Waals surface area (Å²) >= 11 is 0. The zero-order valence-corrected chi connectivity index (χ0v) is 14.7. The van der Waals surface area contributed by atoms with Gasteiger partial charge in [0.05, 0.1) is 11.4 Å². The number of anilines is 3. The number of para-hydroxylation sites is 2. The first-order valence-electron chi connectivity index (χ1n) is 7.87. The number of hydrogen-bond acceptors (Lipinski definition) is 2. The first kappa shape index (κ1) is 18.5. The van der Waals surface area contributed by atoms with E-state index in [4.69, 9.17) is 0 Å². The molecule has 0 aliphatic carbocycles. The van der Waals surface area contributed by atoms with Crippen molar-refractivity contribution < 1.29 is 21.8 Å². The van der Waals surface area contributed by atoms with Gasteiger partial charge in [0, 0.05) is 17.8 Å². The molecule has 0 saturated carbocycles. The third kappa shape index (κ3) is 5.33. The van der Waals surface area contributed by atoms with Gasteiger partial charge in [-0.15, -0.1) is 0 Å². The summed E-state index contributed by atoms with van der Waals surface area (Å²) in [4.78, 5) is 12.3. The Hall–Kier alpha value is -2.85. The summed E-state index contributed by atoms with van der Waals surface area (Å²) in [6.07, 6.45) is 3.74. The molecule has 2 N–H and O–H groups in total. The fourth-order valence-corrected chi connectivity index (χ4v) is 2.39. The van der Waals surface area contributed by atoms with Crippen molar-refractivity contribution in [1.82, 2.24) is 0 Å². The van der Waals surface area contributed by atoms with E-state index in [1.54, 1.807) is 0 Å². The summed E-state index contributed by atoms with van der Waals surface area (Å²) in [6.45, 7) is 2.33. The predicted molar refractivity (Wildman–Crippen MR) is 96.2 cm³/mol. The van der Waals surface area contributed by atoms with Gasteiger partial charge >= 0.3 is 0 Å². The highest BCUT2D eigenvalue weighted by Gasteiger charge is 2.11. The summed E-state index contributed by atoms with van der Waals surface area (Å²) in [5.41, 5.74) is 3.83. The van der Waals surface area contributed by atoms with Gasteiger partial charge in [-0.05, 0) is 31.2 Å². The van der Waals surface area contributed by atoms with Crippen LogP contribution in [0.5, 0.6) is 0 Å². The summed E-state index contributed by atoms with van der Waals surface area (Å²) in [6, 6.07) is 21.6. The molecule has 128 valence electrons. The molecule has 4 nitrogen and oxygen atoms in total. The number of nitrogens with one attached hydrogen (secondary N) is 2. The second kappa shape index (κ2) is 8.85. The predicted octanol–water partition coefficient (Wildman–Crippen LogP) is 0.669. The quantitative estimate of drug-likeness (QED) is 0.662. The van der Waals surface area contributed by atoms with Crippen molar-refractivity contribution in [3.8, 4) is 0 Å². The number of carbonyl (C=O) groups is 1. The summed E-state index contributed by atoms with van der Waals surface area (Å²) in [5.74, 6) is -0.0654. The lowest BCUT2D eigenvalue weighted by atomic mass is 10.2. The molecule has 25 heavy (non-hydrogen) atoms. The topological polar surface area (TPSA) is 45.0 Å². The summed E-state index contributed by atoms with van der Waals surface area (Å²) in [7, 11) is 0. The molecule has 2 aromatic carbocycles. The Morgan fingerprint density at radius 2 is 1.52 bits per heavy atom. The maximum Gasteiger partial charge on any atom is 0.290 e. The molecule has 0 unspecified atom stereocenters. The molecule has 0 aliphatic heterocycles. The van der Waals surface area contributed by atoms with Crippen LogP contribution in [-0.4, -0.2) is 5.91 Å². The normalized spacial score (nSPS) is 9.80. The minimum atomic E-state index is -0.0654. The van der Waals surface area contributed by atoms with Crippen LogP contribution in [0.25, 0.3) is 0 Å². The van der Waals surface area contributed by atoms with Gasteiger partial charge in [0.25, 0.3) is 5.91 Å². The number of halogens is 1. The van der Waals surface area contributed by atoms with Crippen LogP contribution in [0.1, 0.15) is 5.56 Å². The van der Waals surface area contributed by atoms with E-state index in [1.807, 2.05) is 71.6 Å². The van der Waals surface area contributed by atoms with Gasteiger partial charge in [0.2, 0.25) is 6.54 Å². The molecule has 0 atom stereocenters. The lowest BCUT2D eigenvalue weighted by Gasteiger charge is -2.12. The Morgan fingerprint density at radius 1 is 0.880 bits per heavy atom. The van der Waals surface area contributed by atoms with Crippen molar-refractivity contribution in [1.29, 1.82) is 0 Å². The number of amides is 1. The van der Waals surface area contributed by atoms with E-state index in [0.29, 0.717) is 0 Å². The first-order valence-corrected chi connectivity index (χ1v) is 7.87. The van der Waals surface area contributed by atoms with Gasteiger partial charge in [0.1, 0.15) is 0 Å². The molecular weight excluding hydrogens is 334 g/mol. The molecule has 0 spiro atoms. The Morgan fingerprint density at radius 3 is 2.20 bits per heavy atom. The summed E-state index contributed by atoms with van der Waals surface area (Å²) < 4.78 is 1.84. The minimum absolute atomic E-state index is 0. The van der Waals surface area contributed by atoms with Gasteiger partial charge in [-0.2, -0.15) is 4.57 Å². The monoisotopic (exact) mass is 353 g/mol. The second-order valence-corrected chi connectivity index (χ2v) is 5.63. The van der Waals surface area contributed by atoms with Crippen LogP contribution in [0.2, 0.25) is 0 Å². The van der Waals surface area contributed by atoms with E-state index < -0.39 is 0 Å². The molecule has 0 aliphatic rings. The number of nitrogens with zero attached hydrogens (tertiary/aromatic N) is 1. The average Bonchev–Trinajstić information content (AvgIpc) is 2.59. The van der Waals surface area contributed by atoms with Crippen LogP contribution >= 0.6 is 0 Å². The summed E-state index contributed by atoms with van der Waals surface area (Å²) in [5, 5.41) is 6.32.